The van der Waals surface area contributed by atoms with Gasteiger partial charge in [-0.05, 0) is 61.1 Å². The summed E-state index contributed by atoms with van der Waals surface area (Å²) in [6, 6.07) is 7.25. The summed E-state index contributed by atoms with van der Waals surface area (Å²) in [6.45, 7) is 4.42. The van der Waals surface area contributed by atoms with Crippen LogP contribution in [-0.4, -0.2) is 77.0 Å². The van der Waals surface area contributed by atoms with Gasteiger partial charge in [-0.3, -0.25) is 29.9 Å². The second-order valence-electron chi connectivity index (χ2n) is 8.89. The number of aryl methyl sites for hydroxylation is 1. The van der Waals surface area contributed by atoms with E-state index in [0.29, 0.717) is 17.8 Å². The highest BCUT2D eigenvalue weighted by atomic mass is 16.6. The molecule has 226 valence electrons. The molecule has 14 nitrogen and oxygen atoms in total. The van der Waals surface area contributed by atoms with Crippen LogP contribution in [0.4, 0.5) is 5.69 Å². The third-order valence-corrected chi connectivity index (χ3v) is 6.35. The van der Waals surface area contributed by atoms with Gasteiger partial charge in [0, 0.05) is 53.1 Å². The van der Waals surface area contributed by atoms with Crippen LogP contribution >= 0.6 is 0 Å². The smallest absolute Gasteiger partial charge is 0.269 e. The molecule has 2 aromatic heterocycles. The first-order valence-corrected chi connectivity index (χ1v) is 13.7. The summed E-state index contributed by atoms with van der Waals surface area (Å²) in [5.41, 5.74) is 15.2. The van der Waals surface area contributed by atoms with Gasteiger partial charge in [-0.2, -0.15) is 0 Å². The summed E-state index contributed by atoms with van der Waals surface area (Å²) < 4.78 is 0. The summed E-state index contributed by atoms with van der Waals surface area (Å²) >= 11 is 0. The van der Waals surface area contributed by atoms with Crippen LogP contribution in [0.25, 0.3) is 22.2 Å². The highest BCUT2D eigenvalue weighted by Crippen LogP contribution is 2.37. The number of hydrazine groups is 1. The Morgan fingerprint density at radius 1 is 1.19 bits per heavy atom. The topological polar surface area (TPSA) is 212 Å². The van der Waals surface area contributed by atoms with E-state index in [2.05, 4.69) is 21.0 Å². The molecule has 0 saturated carbocycles. The summed E-state index contributed by atoms with van der Waals surface area (Å²) in [5, 5.41) is 33.5. The Hall–Kier alpha value is -4.53. The van der Waals surface area contributed by atoms with Crippen LogP contribution in [0.1, 0.15) is 53.9 Å². The van der Waals surface area contributed by atoms with Crippen LogP contribution in [0.15, 0.2) is 30.5 Å². The number of anilines is 1. The van der Waals surface area contributed by atoms with E-state index >= 15 is 0 Å². The number of nitrogens with one attached hydrogen (secondary N) is 4. The SMILES string of the molecule is CC.CNN(O)CCNC(=O)c1ccc(-c2nc3ccc(N)c(C=N)c3c3c2CCCC3)cn1.O=CNCC[N+](=O)[O-]. The third kappa shape index (κ3) is 8.99. The molecule has 1 aliphatic rings. The van der Waals surface area contributed by atoms with Gasteiger partial charge in [-0.15, -0.1) is 5.17 Å². The molecule has 1 aliphatic carbocycles. The number of nitrogens with zero attached hydrogens (tertiary/aromatic N) is 4. The molecule has 0 unspecified atom stereocenters. The first-order chi connectivity index (χ1) is 20.3. The van der Waals surface area contributed by atoms with Gasteiger partial charge in [0.15, 0.2) is 0 Å². The van der Waals surface area contributed by atoms with Gasteiger partial charge in [0.05, 0.1) is 24.3 Å². The van der Waals surface area contributed by atoms with Crippen molar-refractivity contribution in [2.45, 2.75) is 39.5 Å². The van der Waals surface area contributed by atoms with Gasteiger partial charge in [0.25, 0.3) is 5.91 Å². The minimum absolute atomic E-state index is 0.108. The second kappa shape index (κ2) is 17.3. The van der Waals surface area contributed by atoms with Crippen molar-refractivity contribution >= 4 is 35.1 Å². The second-order valence-corrected chi connectivity index (χ2v) is 8.89. The number of nitro groups is 1. The average molecular weight is 582 g/mol. The van der Waals surface area contributed by atoms with Crippen molar-refractivity contribution in [3.8, 4) is 11.3 Å². The van der Waals surface area contributed by atoms with E-state index in [1.165, 1.54) is 17.3 Å². The maximum absolute atomic E-state index is 12.3. The Morgan fingerprint density at radius 3 is 2.50 bits per heavy atom. The average Bonchev–Trinajstić information content (AvgIpc) is 3.02. The molecular formula is C28H39N9O5. The Morgan fingerprint density at radius 2 is 1.90 bits per heavy atom. The summed E-state index contributed by atoms with van der Waals surface area (Å²) in [5.74, 6) is -0.305. The van der Waals surface area contributed by atoms with E-state index in [-0.39, 0.29) is 32.1 Å². The summed E-state index contributed by atoms with van der Waals surface area (Å²) in [7, 11) is 1.59. The Balaban J connectivity index is 0.000000535. The monoisotopic (exact) mass is 581 g/mol. The molecule has 2 heterocycles. The zero-order chi connectivity index (χ0) is 31.1. The number of nitrogens with two attached hydrogens (primary N) is 1. The number of benzene rings is 1. The minimum atomic E-state index is -0.490. The van der Waals surface area contributed by atoms with Crippen LogP contribution in [0.2, 0.25) is 0 Å². The molecule has 0 bridgehead atoms. The van der Waals surface area contributed by atoms with E-state index in [4.69, 9.17) is 16.1 Å². The van der Waals surface area contributed by atoms with Gasteiger partial charge >= 0.3 is 0 Å². The lowest BCUT2D eigenvalue weighted by molar-refractivity contribution is -0.477. The first-order valence-electron chi connectivity index (χ1n) is 13.7. The number of rotatable bonds is 11. The molecule has 1 aromatic carbocycles. The van der Waals surface area contributed by atoms with Crippen molar-refractivity contribution < 1.29 is 19.7 Å². The van der Waals surface area contributed by atoms with Gasteiger partial charge in [-0.1, -0.05) is 13.8 Å². The standard InChI is InChI=1S/C23H27N7O2.C3H6N2O3.C2H6/c1-26-30(32)11-10-27-23(31)20-8-6-14(13-28-20)22-16-5-3-2-4-15(16)21-17(12-24)18(25)7-9-19(21)29-22;6-3-4-1-2-5(7)8;1-2/h6-9,12-13,24,26,32H,2-5,10-11,25H2,1H3,(H,27,31);3H,1-2H2,(H,4,6);1-2H3. The molecule has 3 aromatic rings. The molecule has 14 heteroatoms. The lowest BCUT2D eigenvalue weighted by atomic mass is 9.85. The van der Waals surface area contributed by atoms with Crippen molar-refractivity contribution in [1.29, 1.82) is 5.41 Å². The quantitative estimate of drug-likeness (QED) is 0.0485. The van der Waals surface area contributed by atoms with Gasteiger partial charge in [0.1, 0.15) is 5.69 Å². The number of pyridine rings is 2. The lowest BCUT2D eigenvalue weighted by Crippen LogP contribution is -2.39. The molecule has 4 rings (SSSR count). The molecule has 0 fully saturated rings. The van der Waals surface area contributed by atoms with E-state index in [1.807, 2.05) is 26.0 Å². The number of carbonyl (C=O) groups excluding carboxylic acids is 2. The fourth-order valence-electron chi connectivity index (χ4n) is 4.42. The number of aromatic nitrogens is 2. The third-order valence-electron chi connectivity index (χ3n) is 6.35. The van der Waals surface area contributed by atoms with E-state index < -0.39 is 4.92 Å². The molecule has 0 saturated heterocycles. The number of hydroxylamine groups is 1. The summed E-state index contributed by atoms with van der Waals surface area (Å²) in [6.07, 6.45) is 7.43. The molecule has 0 spiro atoms. The van der Waals surface area contributed by atoms with Gasteiger partial charge < -0.3 is 21.8 Å². The van der Waals surface area contributed by atoms with E-state index in [9.17, 15) is 24.9 Å². The number of carbonyl (C=O) groups is 2. The van der Waals surface area contributed by atoms with Crippen molar-refractivity contribution in [1.82, 2.24) is 31.2 Å². The molecule has 2 amide bonds. The van der Waals surface area contributed by atoms with Gasteiger partial charge in [0.2, 0.25) is 13.0 Å². The molecule has 42 heavy (non-hydrogen) atoms. The maximum Gasteiger partial charge on any atom is 0.269 e. The number of hydrogen-bond donors (Lipinski definition) is 6. The number of nitrogen functional groups attached to an aromatic ring is 1. The highest BCUT2D eigenvalue weighted by molar-refractivity contribution is 6.05. The van der Waals surface area contributed by atoms with Crippen LogP contribution in [0, 0.1) is 15.5 Å². The van der Waals surface area contributed by atoms with E-state index in [1.54, 1.807) is 25.4 Å². The number of hydrogen-bond acceptors (Lipinski definition) is 11. The van der Waals surface area contributed by atoms with Crippen molar-refractivity contribution in [2.24, 2.45) is 0 Å². The van der Waals surface area contributed by atoms with Crippen molar-refractivity contribution in [3.05, 3.63) is 63.0 Å². The predicted octanol–water partition coefficient (Wildman–Crippen LogP) is 2.35. The van der Waals surface area contributed by atoms with Crippen LogP contribution in [-0.2, 0) is 17.6 Å². The fraction of sp³-hybridized carbons (Fsp3) is 0.393. The van der Waals surface area contributed by atoms with Crippen molar-refractivity contribution in [3.63, 3.8) is 0 Å². The predicted molar refractivity (Wildman–Crippen MR) is 161 cm³/mol. The van der Waals surface area contributed by atoms with E-state index in [0.717, 1.165) is 58.6 Å². The minimum Gasteiger partial charge on any atom is -0.398 e. The summed E-state index contributed by atoms with van der Waals surface area (Å²) in [4.78, 5) is 40.1. The van der Waals surface area contributed by atoms with Crippen LogP contribution in [0.3, 0.4) is 0 Å². The van der Waals surface area contributed by atoms with Crippen LogP contribution < -0.4 is 21.8 Å². The Bertz CT molecular complexity index is 1370. The largest absolute Gasteiger partial charge is 0.398 e. The molecule has 0 aliphatic heterocycles. The highest BCUT2D eigenvalue weighted by Gasteiger charge is 2.22. The fourth-order valence-corrected chi connectivity index (χ4v) is 4.42. The van der Waals surface area contributed by atoms with Crippen LogP contribution in [0.5, 0.6) is 0 Å². The maximum atomic E-state index is 12.3. The van der Waals surface area contributed by atoms with Gasteiger partial charge in [-0.25, -0.2) is 10.4 Å². The number of amides is 2. The molecule has 7 N–H and O–H groups in total. The Kier molecular flexibility index (Phi) is 13.9. The Labute approximate surface area is 244 Å². The normalized spacial score (nSPS) is 11.7. The lowest BCUT2D eigenvalue weighted by Gasteiger charge is -2.22. The zero-order valence-electron chi connectivity index (χ0n) is 24.1. The molecular weight excluding hydrogens is 542 g/mol. The first kappa shape index (κ1) is 33.7. The zero-order valence-corrected chi connectivity index (χ0v) is 24.1. The number of fused-ring (bicyclic) bond motifs is 3. The van der Waals surface area contributed by atoms with Crippen molar-refractivity contribution in [2.75, 3.05) is 39.0 Å². The molecule has 0 radical (unpaired) electrons. The molecule has 0 atom stereocenters.